The molecule has 0 spiro atoms. The first kappa shape index (κ1) is 22.2. The summed E-state index contributed by atoms with van der Waals surface area (Å²) in [4.78, 5) is 38.3. The highest BCUT2D eigenvalue weighted by Gasteiger charge is 2.34. The van der Waals surface area contributed by atoms with Crippen molar-refractivity contribution in [2.24, 2.45) is 0 Å². The van der Waals surface area contributed by atoms with Gasteiger partial charge in [-0.05, 0) is 80.2 Å². The van der Waals surface area contributed by atoms with Gasteiger partial charge in [-0.2, -0.15) is 0 Å². The Morgan fingerprint density at radius 1 is 1.00 bits per heavy atom. The predicted octanol–water partition coefficient (Wildman–Crippen LogP) is 3.85. The summed E-state index contributed by atoms with van der Waals surface area (Å²) in [6, 6.07) is 17.9. The van der Waals surface area contributed by atoms with E-state index in [2.05, 4.69) is 5.32 Å². The van der Waals surface area contributed by atoms with E-state index in [9.17, 15) is 14.4 Å². The molecule has 0 unspecified atom stereocenters. The van der Waals surface area contributed by atoms with Crippen molar-refractivity contribution in [2.45, 2.75) is 20.8 Å². The molecule has 1 aliphatic rings. The van der Waals surface area contributed by atoms with Crippen molar-refractivity contribution in [3.8, 4) is 11.4 Å². The van der Waals surface area contributed by atoms with Crippen LogP contribution in [0, 0.1) is 13.8 Å². The first-order valence-electron chi connectivity index (χ1n) is 10.2. The van der Waals surface area contributed by atoms with Gasteiger partial charge in [0.2, 0.25) is 0 Å². The van der Waals surface area contributed by atoms with Gasteiger partial charge in [-0.1, -0.05) is 18.2 Å². The molecule has 2 aromatic carbocycles. The lowest BCUT2D eigenvalue weighted by molar-refractivity contribution is -0.132. The van der Waals surface area contributed by atoms with E-state index in [1.54, 1.807) is 42.5 Å². The molecule has 8 heteroatoms. The lowest BCUT2D eigenvalue weighted by atomic mass is 10.1. The van der Waals surface area contributed by atoms with Crippen LogP contribution in [-0.4, -0.2) is 27.5 Å². The SMILES string of the molecule is CC(=O)Oc1ccc(-n2c(C)cc(/C=C3/C(=O)NC(=S)N(c4ccccc4)C3=O)c2C)cc1. The Balaban J connectivity index is 1.70. The number of aromatic nitrogens is 1. The van der Waals surface area contributed by atoms with Crippen molar-refractivity contribution in [3.05, 3.63) is 83.2 Å². The number of aryl methyl sites for hydroxylation is 1. The molecule has 0 radical (unpaired) electrons. The van der Waals surface area contributed by atoms with Crippen molar-refractivity contribution in [3.63, 3.8) is 0 Å². The largest absolute Gasteiger partial charge is 0.427 e. The Hall–Kier alpha value is -4.04. The third kappa shape index (κ3) is 4.33. The van der Waals surface area contributed by atoms with Gasteiger partial charge in [-0.15, -0.1) is 0 Å². The van der Waals surface area contributed by atoms with Crippen molar-refractivity contribution < 1.29 is 19.1 Å². The molecule has 1 saturated heterocycles. The van der Waals surface area contributed by atoms with Gasteiger partial charge in [0.15, 0.2) is 5.11 Å². The Morgan fingerprint density at radius 3 is 2.30 bits per heavy atom. The van der Waals surface area contributed by atoms with Gasteiger partial charge in [0.1, 0.15) is 11.3 Å². The average molecular weight is 460 g/mol. The van der Waals surface area contributed by atoms with E-state index in [1.807, 2.05) is 42.7 Å². The van der Waals surface area contributed by atoms with Crippen molar-refractivity contribution in [2.75, 3.05) is 4.90 Å². The number of carbonyl (C=O) groups is 3. The number of esters is 1. The van der Waals surface area contributed by atoms with Crippen LogP contribution in [-0.2, 0) is 14.4 Å². The second kappa shape index (κ2) is 8.84. The van der Waals surface area contributed by atoms with Crippen LogP contribution in [0.1, 0.15) is 23.9 Å². The van der Waals surface area contributed by atoms with E-state index < -0.39 is 11.8 Å². The van der Waals surface area contributed by atoms with Gasteiger partial charge in [-0.3, -0.25) is 24.6 Å². The van der Waals surface area contributed by atoms with Crippen LogP contribution < -0.4 is 15.0 Å². The maximum absolute atomic E-state index is 13.2. The molecule has 166 valence electrons. The number of nitrogens with one attached hydrogen (secondary N) is 1. The van der Waals surface area contributed by atoms with Gasteiger partial charge >= 0.3 is 5.97 Å². The monoisotopic (exact) mass is 459 g/mol. The summed E-state index contributed by atoms with van der Waals surface area (Å²) in [7, 11) is 0. The van der Waals surface area contributed by atoms with Crippen molar-refractivity contribution in [1.29, 1.82) is 0 Å². The second-order valence-corrected chi connectivity index (χ2v) is 7.93. The highest BCUT2D eigenvalue weighted by Crippen LogP contribution is 2.27. The standard InChI is InChI=1S/C25H21N3O4S/c1-15-13-18(16(2)27(15)20-9-11-21(12-10-20)32-17(3)29)14-22-23(30)26-25(33)28(24(22)31)19-7-5-4-6-8-19/h4-14H,1-3H3,(H,26,30,33)/b22-14-. The third-order valence-corrected chi connectivity index (χ3v) is 5.53. The number of para-hydroxylation sites is 1. The molecule has 2 amide bonds. The molecule has 0 saturated carbocycles. The Labute approximate surface area is 196 Å². The van der Waals surface area contributed by atoms with E-state index in [4.69, 9.17) is 17.0 Å². The molecule has 1 aliphatic heterocycles. The minimum Gasteiger partial charge on any atom is -0.427 e. The fraction of sp³-hybridized carbons (Fsp3) is 0.120. The lowest BCUT2D eigenvalue weighted by Gasteiger charge is -2.28. The number of anilines is 1. The van der Waals surface area contributed by atoms with Gasteiger partial charge in [0.25, 0.3) is 11.8 Å². The van der Waals surface area contributed by atoms with E-state index in [-0.39, 0.29) is 16.7 Å². The molecule has 4 rings (SSSR count). The molecule has 0 atom stereocenters. The Bertz CT molecular complexity index is 1310. The van der Waals surface area contributed by atoms with E-state index in [0.717, 1.165) is 22.6 Å². The maximum atomic E-state index is 13.2. The summed E-state index contributed by atoms with van der Waals surface area (Å²) in [5, 5.41) is 2.65. The number of hydrogen-bond acceptors (Lipinski definition) is 5. The summed E-state index contributed by atoms with van der Waals surface area (Å²) in [5.41, 5.74) is 3.93. The number of benzene rings is 2. The van der Waals surface area contributed by atoms with Crippen LogP contribution in [0.25, 0.3) is 11.8 Å². The molecule has 1 aromatic heterocycles. The van der Waals surface area contributed by atoms with E-state index in [1.165, 1.54) is 11.8 Å². The zero-order valence-electron chi connectivity index (χ0n) is 18.3. The van der Waals surface area contributed by atoms with Crippen LogP contribution in [0.15, 0.2) is 66.2 Å². The van der Waals surface area contributed by atoms with Gasteiger partial charge in [0, 0.05) is 24.0 Å². The molecular weight excluding hydrogens is 438 g/mol. The minimum absolute atomic E-state index is 0.00194. The molecule has 3 aromatic rings. The van der Waals surface area contributed by atoms with Gasteiger partial charge in [0.05, 0.1) is 5.69 Å². The molecule has 0 bridgehead atoms. The van der Waals surface area contributed by atoms with Crippen molar-refractivity contribution >= 4 is 46.9 Å². The maximum Gasteiger partial charge on any atom is 0.308 e. The smallest absolute Gasteiger partial charge is 0.308 e. The number of ether oxygens (including phenoxy) is 1. The first-order chi connectivity index (χ1) is 15.8. The molecule has 2 heterocycles. The molecule has 0 aliphatic carbocycles. The Kier molecular flexibility index (Phi) is 5.93. The highest BCUT2D eigenvalue weighted by molar-refractivity contribution is 7.80. The summed E-state index contributed by atoms with van der Waals surface area (Å²) in [6.07, 6.45) is 1.58. The Morgan fingerprint density at radius 2 is 1.67 bits per heavy atom. The normalized spacial score (nSPS) is 15.1. The van der Waals surface area contributed by atoms with Gasteiger partial charge < -0.3 is 9.30 Å². The number of thiocarbonyl (C=S) groups is 1. The highest BCUT2D eigenvalue weighted by atomic mass is 32.1. The average Bonchev–Trinajstić information content (AvgIpc) is 3.05. The minimum atomic E-state index is -0.535. The van der Waals surface area contributed by atoms with Crippen LogP contribution >= 0.6 is 12.2 Å². The summed E-state index contributed by atoms with van der Waals surface area (Å²) in [6.45, 7) is 5.19. The molecule has 1 fully saturated rings. The molecular formula is C25H21N3O4S. The summed E-state index contributed by atoms with van der Waals surface area (Å²) in [5.74, 6) is -0.944. The molecule has 1 N–H and O–H groups in total. The van der Waals surface area contributed by atoms with Crippen LogP contribution in [0.3, 0.4) is 0 Å². The number of rotatable bonds is 4. The fourth-order valence-corrected chi connectivity index (χ4v) is 4.07. The zero-order chi connectivity index (χ0) is 23.7. The van der Waals surface area contributed by atoms with Gasteiger partial charge in [-0.25, -0.2) is 0 Å². The zero-order valence-corrected chi connectivity index (χ0v) is 19.1. The van der Waals surface area contributed by atoms with Crippen LogP contribution in [0.5, 0.6) is 5.75 Å². The van der Waals surface area contributed by atoms with E-state index >= 15 is 0 Å². The quantitative estimate of drug-likeness (QED) is 0.211. The lowest BCUT2D eigenvalue weighted by Crippen LogP contribution is -2.54. The second-order valence-electron chi connectivity index (χ2n) is 7.54. The third-order valence-electron chi connectivity index (χ3n) is 5.24. The summed E-state index contributed by atoms with van der Waals surface area (Å²) < 4.78 is 7.09. The summed E-state index contributed by atoms with van der Waals surface area (Å²) >= 11 is 5.24. The molecule has 7 nitrogen and oxygen atoms in total. The van der Waals surface area contributed by atoms with Crippen molar-refractivity contribution in [1.82, 2.24) is 9.88 Å². The number of amides is 2. The first-order valence-corrected chi connectivity index (χ1v) is 10.6. The van der Waals surface area contributed by atoms with Crippen LogP contribution in [0.4, 0.5) is 5.69 Å². The van der Waals surface area contributed by atoms with E-state index in [0.29, 0.717) is 11.4 Å². The fourth-order valence-electron chi connectivity index (χ4n) is 3.78. The molecule has 33 heavy (non-hydrogen) atoms. The predicted molar refractivity (Wildman–Crippen MR) is 129 cm³/mol. The number of carbonyl (C=O) groups excluding carboxylic acids is 3. The number of nitrogens with zero attached hydrogens (tertiary/aromatic N) is 2. The topological polar surface area (TPSA) is 80.6 Å². The van der Waals surface area contributed by atoms with Crippen LogP contribution in [0.2, 0.25) is 0 Å². The number of hydrogen-bond donors (Lipinski definition) is 1.